The van der Waals surface area contributed by atoms with E-state index < -0.39 is 0 Å². The van der Waals surface area contributed by atoms with Gasteiger partial charge in [0.15, 0.2) is 0 Å². The van der Waals surface area contributed by atoms with E-state index in [4.69, 9.17) is 0 Å². The van der Waals surface area contributed by atoms with Crippen molar-refractivity contribution in [2.24, 2.45) is 0 Å². The Morgan fingerprint density at radius 1 is 0.850 bits per heavy atom. The summed E-state index contributed by atoms with van der Waals surface area (Å²) in [5, 5.41) is 0. The van der Waals surface area contributed by atoms with Gasteiger partial charge in [0.1, 0.15) is 0 Å². The quantitative estimate of drug-likeness (QED) is 0.656. The van der Waals surface area contributed by atoms with Crippen LogP contribution in [0.5, 0.6) is 0 Å². The lowest BCUT2D eigenvalue weighted by atomic mass is 9.86. The molecule has 20 heavy (non-hydrogen) atoms. The van der Waals surface area contributed by atoms with Crippen LogP contribution in [0.4, 0.5) is 0 Å². The van der Waals surface area contributed by atoms with Gasteiger partial charge >= 0.3 is 0 Å². The third-order valence-corrected chi connectivity index (χ3v) is 4.82. The van der Waals surface area contributed by atoms with Gasteiger partial charge in [-0.2, -0.15) is 0 Å². The van der Waals surface area contributed by atoms with Crippen molar-refractivity contribution in [3.8, 4) is 0 Å². The van der Waals surface area contributed by atoms with Crippen LogP contribution in [0.3, 0.4) is 0 Å². The highest BCUT2D eigenvalue weighted by atomic mass is 15.3. The smallest absolute Gasteiger partial charge is 0.0307 e. The minimum Gasteiger partial charge on any atom is -0.302 e. The molecule has 0 aromatic heterocycles. The van der Waals surface area contributed by atoms with Crippen LogP contribution in [0, 0.1) is 0 Å². The van der Waals surface area contributed by atoms with Gasteiger partial charge in [-0.05, 0) is 61.7 Å². The van der Waals surface area contributed by atoms with E-state index in [1.807, 2.05) is 27.7 Å². The normalized spacial score (nSPS) is 13.3. The highest BCUT2D eigenvalue weighted by Crippen LogP contribution is 2.29. The number of rotatable bonds is 6. The number of nitrogens with zero attached hydrogens (tertiary/aromatic N) is 2. The van der Waals surface area contributed by atoms with Gasteiger partial charge in [-0.1, -0.05) is 41.5 Å². The summed E-state index contributed by atoms with van der Waals surface area (Å²) in [4.78, 5) is 4.94. The van der Waals surface area contributed by atoms with Crippen LogP contribution in [0.1, 0.15) is 82.6 Å². The first-order valence-electron chi connectivity index (χ1n) is 8.55. The Hall–Kier alpha value is -0.0800. The van der Waals surface area contributed by atoms with Crippen LogP contribution < -0.4 is 0 Å². The molecule has 0 heterocycles. The van der Waals surface area contributed by atoms with Gasteiger partial charge in [-0.3, -0.25) is 4.90 Å². The summed E-state index contributed by atoms with van der Waals surface area (Å²) in [6, 6.07) is 0.549. The molecule has 126 valence electrons. The Morgan fingerprint density at radius 2 is 1.20 bits per heavy atom. The maximum absolute atomic E-state index is 2.52. The maximum atomic E-state index is 2.52. The minimum absolute atomic E-state index is 0.185. The first-order chi connectivity index (χ1) is 9.11. The number of hydrogen-bond donors (Lipinski definition) is 0. The molecule has 0 aliphatic heterocycles. The van der Waals surface area contributed by atoms with Gasteiger partial charge in [0, 0.05) is 17.1 Å². The second-order valence-electron chi connectivity index (χ2n) is 6.13. The van der Waals surface area contributed by atoms with Crippen molar-refractivity contribution in [2.45, 2.75) is 99.7 Å². The molecule has 0 spiro atoms. The molecule has 0 N–H and O–H groups in total. The molecular weight excluding hydrogens is 244 g/mol. The van der Waals surface area contributed by atoms with E-state index in [2.05, 4.69) is 72.4 Å². The van der Waals surface area contributed by atoms with E-state index in [1.165, 1.54) is 6.42 Å². The Kier molecular flexibility index (Phi) is 14.4. The minimum atomic E-state index is 0.185. The van der Waals surface area contributed by atoms with E-state index in [0.717, 1.165) is 6.54 Å². The molecule has 0 bridgehead atoms. The summed E-state index contributed by atoms with van der Waals surface area (Å²) in [5.74, 6) is 0. The van der Waals surface area contributed by atoms with Gasteiger partial charge < -0.3 is 4.90 Å². The summed E-state index contributed by atoms with van der Waals surface area (Å²) >= 11 is 0. The van der Waals surface area contributed by atoms with Gasteiger partial charge in [0.2, 0.25) is 0 Å². The molecule has 0 fully saturated rings. The zero-order chi connectivity index (χ0) is 17.1. The first-order valence-corrected chi connectivity index (χ1v) is 8.55. The van der Waals surface area contributed by atoms with E-state index in [0.29, 0.717) is 6.04 Å². The molecule has 0 aromatic carbocycles. The Labute approximate surface area is 130 Å². The maximum Gasteiger partial charge on any atom is 0.0307 e. The van der Waals surface area contributed by atoms with Crippen molar-refractivity contribution in [2.75, 3.05) is 20.6 Å². The zero-order valence-electron chi connectivity index (χ0n) is 16.9. The summed E-state index contributed by atoms with van der Waals surface area (Å²) in [6.07, 6.45) is 1.18. The fraction of sp³-hybridized carbons (Fsp3) is 1.00. The molecule has 0 aliphatic rings. The average Bonchev–Trinajstić information content (AvgIpc) is 2.48. The molecule has 0 rings (SSSR count). The molecule has 2 heteroatoms. The van der Waals surface area contributed by atoms with Gasteiger partial charge in [0.25, 0.3) is 0 Å². The van der Waals surface area contributed by atoms with Crippen molar-refractivity contribution in [1.29, 1.82) is 0 Å². The van der Waals surface area contributed by atoms with E-state index in [9.17, 15) is 0 Å². The standard InChI is InChI=1S/C14H32N2.2C2H6/c1-10-13(4,5)16(9)14(6,7)12(3)15(8)11-2;2*1-2/h12H,10-11H2,1-9H3;2*1-2H3. The largest absolute Gasteiger partial charge is 0.302 e. The van der Waals surface area contributed by atoms with Gasteiger partial charge in [-0.15, -0.1) is 0 Å². The monoisotopic (exact) mass is 288 g/mol. The van der Waals surface area contributed by atoms with Crippen molar-refractivity contribution in [3.63, 3.8) is 0 Å². The van der Waals surface area contributed by atoms with Crippen LogP contribution >= 0.6 is 0 Å². The molecule has 0 saturated carbocycles. The Morgan fingerprint density at radius 3 is 1.45 bits per heavy atom. The SMILES string of the molecule is CC.CC.CCN(C)C(C)C(C)(C)N(C)C(C)(C)CC. The van der Waals surface area contributed by atoms with Gasteiger partial charge in [0.05, 0.1) is 0 Å². The molecule has 1 atom stereocenters. The average molecular weight is 289 g/mol. The topological polar surface area (TPSA) is 6.48 Å². The van der Waals surface area contributed by atoms with Crippen LogP contribution in [0.25, 0.3) is 0 Å². The second-order valence-corrected chi connectivity index (χ2v) is 6.13. The molecule has 0 amide bonds. The summed E-state index contributed by atoms with van der Waals surface area (Å²) in [6.45, 7) is 25.3. The molecular formula is C18H44N2. The van der Waals surface area contributed by atoms with Crippen molar-refractivity contribution in [3.05, 3.63) is 0 Å². The van der Waals surface area contributed by atoms with Crippen molar-refractivity contribution >= 4 is 0 Å². The molecule has 2 nitrogen and oxygen atoms in total. The predicted molar refractivity (Wildman–Crippen MR) is 96.7 cm³/mol. The fourth-order valence-electron chi connectivity index (χ4n) is 2.11. The van der Waals surface area contributed by atoms with Crippen LogP contribution in [-0.4, -0.2) is 47.6 Å². The number of likely N-dealkylation sites (N-methyl/N-ethyl adjacent to an activating group) is 2. The zero-order valence-corrected chi connectivity index (χ0v) is 16.9. The fourth-order valence-corrected chi connectivity index (χ4v) is 2.11. The van der Waals surface area contributed by atoms with Crippen LogP contribution in [0.2, 0.25) is 0 Å². The van der Waals surface area contributed by atoms with E-state index >= 15 is 0 Å². The lowest BCUT2D eigenvalue weighted by Crippen LogP contribution is -2.61. The predicted octanol–water partition coefficient (Wildman–Crippen LogP) is 5.28. The highest BCUT2D eigenvalue weighted by molar-refractivity contribution is 4.96. The van der Waals surface area contributed by atoms with Crippen molar-refractivity contribution < 1.29 is 0 Å². The third-order valence-electron chi connectivity index (χ3n) is 4.82. The first kappa shape index (κ1) is 24.9. The van der Waals surface area contributed by atoms with E-state index in [-0.39, 0.29) is 11.1 Å². The molecule has 0 saturated heterocycles. The lowest BCUT2D eigenvalue weighted by molar-refractivity contribution is -0.00947. The van der Waals surface area contributed by atoms with Crippen LogP contribution in [-0.2, 0) is 0 Å². The summed E-state index contributed by atoms with van der Waals surface area (Å²) in [7, 11) is 4.46. The van der Waals surface area contributed by atoms with Crippen LogP contribution in [0.15, 0.2) is 0 Å². The molecule has 0 aromatic rings. The molecule has 0 radical (unpaired) electrons. The number of hydrogen-bond acceptors (Lipinski definition) is 2. The molecule has 1 unspecified atom stereocenters. The summed E-state index contributed by atoms with van der Waals surface area (Å²) < 4.78 is 0. The lowest BCUT2D eigenvalue weighted by Gasteiger charge is -2.51. The molecule has 0 aliphatic carbocycles. The third kappa shape index (κ3) is 7.08. The van der Waals surface area contributed by atoms with Gasteiger partial charge in [-0.25, -0.2) is 0 Å². The Bertz CT molecular complexity index is 209. The highest BCUT2D eigenvalue weighted by Gasteiger charge is 2.38. The van der Waals surface area contributed by atoms with Crippen molar-refractivity contribution in [1.82, 2.24) is 9.80 Å². The second kappa shape index (κ2) is 11.6. The van der Waals surface area contributed by atoms with E-state index in [1.54, 1.807) is 0 Å². The Balaban J connectivity index is -0.000000656. The summed E-state index contributed by atoms with van der Waals surface area (Å²) in [5.41, 5.74) is 0.441.